The number of aliphatic carboxylic acids is 1. The number of nitrogens with one attached hydrogen (secondary N) is 2. The predicted octanol–water partition coefficient (Wildman–Crippen LogP) is 2.36. The summed E-state index contributed by atoms with van der Waals surface area (Å²) < 4.78 is 0. The Morgan fingerprint density at radius 3 is 2.67 bits per heavy atom. The normalized spacial score (nSPS) is 12.8. The number of amides is 2. The Kier molecular flexibility index (Phi) is 4.72. The molecule has 0 saturated heterocycles. The molecule has 1 aromatic rings. The number of rotatable bonds is 5. The lowest BCUT2D eigenvalue weighted by Crippen LogP contribution is -2.49. The van der Waals surface area contributed by atoms with Crippen molar-refractivity contribution in [1.82, 2.24) is 10.6 Å². The molecular formula is C12H18N2O3S. The maximum absolute atomic E-state index is 11.7. The number of hydrogen-bond donors (Lipinski definition) is 3. The van der Waals surface area contributed by atoms with E-state index in [2.05, 4.69) is 10.6 Å². The van der Waals surface area contributed by atoms with Crippen LogP contribution in [0.5, 0.6) is 0 Å². The van der Waals surface area contributed by atoms with Gasteiger partial charge in [-0.3, -0.25) is 4.79 Å². The summed E-state index contributed by atoms with van der Waals surface area (Å²) in [5.74, 6) is -0.938. The minimum Gasteiger partial charge on any atom is -0.481 e. The van der Waals surface area contributed by atoms with Gasteiger partial charge in [0, 0.05) is 10.4 Å². The first-order valence-electron chi connectivity index (χ1n) is 5.64. The molecule has 0 aliphatic carbocycles. The number of carboxylic acids is 1. The molecule has 0 radical (unpaired) electrons. The van der Waals surface area contributed by atoms with Gasteiger partial charge in [0.05, 0.1) is 12.5 Å². The summed E-state index contributed by atoms with van der Waals surface area (Å²) in [4.78, 5) is 23.4. The average molecular weight is 270 g/mol. The maximum atomic E-state index is 11.7. The van der Waals surface area contributed by atoms with E-state index in [1.165, 1.54) is 0 Å². The SMILES string of the molecule is CC(NC(=O)NC(C)(C)CC(=O)O)c1cccs1. The molecule has 1 atom stereocenters. The standard InChI is InChI=1S/C12H18N2O3S/c1-8(9-5-4-6-18-9)13-11(17)14-12(2,3)7-10(15)16/h4-6,8H,7H2,1-3H3,(H,15,16)(H2,13,14,17). The summed E-state index contributed by atoms with van der Waals surface area (Å²) in [5, 5.41) is 16.1. The Balaban J connectivity index is 2.49. The first-order chi connectivity index (χ1) is 8.30. The summed E-state index contributed by atoms with van der Waals surface area (Å²) in [6.45, 7) is 5.24. The van der Waals surface area contributed by atoms with Crippen LogP contribution in [-0.4, -0.2) is 22.6 Å². The molecule has 6 heteroatoms. The lowest BCUT2D eigenvalue weighted by molar-refractivity contribution is -0.138. The number of hydrogen-bond acceptors (Lipinski definition) is 3. The van der Waals surface area contributed by atoms with Gasteiger partial charge < -0.3 is 15.7 Å². The summed E-state index contributed by atoms with van der Waals surface area (Å²) in [6.07, 6.45) is -0.117. The monoisotopic (exact) mass is 270 g/mol. The van der Waals surface area contributed by atoms with E-state index in [0.717, 1.165) is 4.88 Å². The molecule has 1 unspecified atom stereocenters. The molecule has 0 fully saturated rings. The molecular weight excluding hydrogens is 252 g/mol. The predicted molar refractivity (Wildman–Crippen MR) is 70.7 cm³/mol. The van der Waals surface area contributed by atoms with Crippen LogP contribution in [0.3, 0.4) is 0 Å². The van der Waals surface area contributed by atoms with E-state index in [-0.39, 0.29) is 18.5 Å². The lowest BCUT2D eigenvalue weighted by atomic mass is 10.0. The minimum absolute atomic E-state index is 0.0920. The zero-order chi connectivity index (χ0) is 13.8. The van der Waals surface area contributed by atoms with Gasteiger partial charge in [-0.2, -0.15) is 0 Å². The third-order valence-electron chi connectivity index (χ3n) is 2.36. The molecule has 0 saturated carbocycles. The number of carboxylic acid groups (broad SMARTS) is 1. The van der Waals surface area contributed by atoms with Gasteiger partial charge in [-0.05, 0) is 32.2 Å². The highest BCUT2D eigenvalue weighted by molar-refractivity contribution is 7.10. The van der Waals surface area contributed by atoms with Crippen LogP contribution in [0.1, 0.15) is 38.1 Å². The second-order valence-electron chi connectivity index (χ2n) is 4.79. The fourth-order valence-corrected chi connectivity index (χ4v) is 2.31. The Morgan fingerprint density at radius 1 is 1.50 bits per heavy atom. The second-order valence-corrected chi connectivity index (χ2v) is 5.77. The zero-order valence-electron chi connectivity index (χ0n) is 10.7. The van der Waals surface area contributed by atoms with Crippen molar-refractivity contribution < 1.29 is 14.7 Å². The van der Waals surface area contributed by atoms with Crippen molar-refractivity contribution in [2.45, 2.75) is 38.8 Å². The van der Waals surface area contributed by atoms with Crippen molar-refractivity contribution >= 4 is 23.3 Å². The van der Waals surface area contributed by atoms with Gasteiger partial charge in [-0.1, -0.05) is 6.07 Å². The molecule has 2 amide bonds. The summed E-state index contributed by atoms with van der Waals surface area (Å²) in [7, 11) is 0. The number of thiophene rings is 1. The van der Waals surface area contributed by atoms with Crippen LogP contribution in [0.2, 0.25) is 0 Å². The van der Waals surface area contributed by atoms with Crippen molar-refractivity contribution in [3.8, 4) is 0 Å². The number of carbonyl (C=O) groups is 2. The molecule has 0 aliphatic heterocycles. The van der Waals surface area contributed by atoms with Gasteiger partial charge in [-0.15, -0.1) is 11.3 Å². The molecule has 100 valence electrons. The van der Waals surface area contributed by atoms with E-state index in [0.29, 0.717) is 0 Å². The molecule has 5 nitrogen and oxygen atoms in total. The Hall–Kier alpha value is -1.56. The molecule has 3 N–H and O–H groups in total. The summed E-state index contributed by atoms with van der Waals surface area (Å²) >= 11 is 1.57. The fourth-order valence-electron chi connectivity index (χ4n) is 1.57. The summed E-state index contributed by atoms with van der Waals surface area (Å²) in [5.41, 5.74) is -0.773. The highest BCUT2D eigenvalue weighted by atomic mass is 32.1. The largest absolute Gasteiger partial charge is 0.481 e. The third-order valence-corrected chi connectivity index (χ3v) is 3.42. The average Bonchev–Trinajstić information content (AvgIpc) is 2.65. The van der Waals surface area contributed by atoms with E-state index in [9.17, 15) is 9.59 Å². The molecule has 0 aliphatic rings. The Morgan fingerprint density at radius 2 is 2.17 bits per heavy atom. The summed E-state index contributed by atoms with van der Waals surface area (Å²) in [6, 6.07) is 3.41. The third kappa shape index (κ3) is 4.75. The van der Waals surface area contributed by atoms with Crippen LogP contribution in [0.4, 0.5) is 4.79 Å². The topological polar surface area (TPSA) is 78.4 Å². The van der Waals surface area contributed by atoms with Crippen LogP contribution in [-0.2, 0) is 4.79 Å². The van der Waals surface area contributed by atoms with Crippen LogP contribution in [0.25, 0.3) is 0 Å². The number of urea groups is 1. The first-order valence-corrected chi connectivity index (χ1v) is 6.52. The van der Waals surface area contributed by atoms with Crippen molar-refractivity contribution in [2.75, 3.05) is 0 Å². The van der Waals surface area contributed by atoms with Crippen molar-refractivity contribution in [3.63, 3.8) is 0 Å². The smallest absolute Gasteiger partial charge is 0.315 e. The van der Waals surface area contributed by atoms with E-state index in [1.807, 2.05) is 24.4 Å². The molecule has 1 rings (SSSR count). The van der Waals surface area contributed by atoms with Gasteiger partial charge in [0.15, 0.2) is 0 Å². The second kappa shape index (κ2) is 5.86. The van der Waals surface area contributed by atoms with Crippen molar-refractivity contribution in [2.24, 2.45) is 0 Å². The fraction of sp³-hybridized carbons (Fsp3) is 0.500. The van der Waals surface area contributed by atoms with E-state index >= 15 is 0 Å². The maximum Gasteiger partial charge on any atom is 0.315 e. The van der Waals surface area contributed by atoms with Gasteiger partial charge in [0.25, 0.3) is 0 Å². The highest BCUT2D eigenvalue weighted by Gasteiger charge is 2.24. The minimum atomic E-state index is -0.938. The van der Waals surface area contributed by atoms with Crippen LogP contribution >= 0.6 is 11.3 Å². The van der Waals surface area contributed by atoms with Crippen LogP contribution in [0.15, 0.2) is 17.5 Å². The van der Waals surface area contributed by atoms with E-state index < -0.39 is 11.5 Å². The van der Waals surface area contributed by atoms with Gasteiger partial charge in [0.2, 0.25) is 0 Å². The Bertz CT molecular complexity index is 415. The Labute approximate surface area is 110 Å². The van der Waals surface area contributed by atoms with Crippen molar-refractivity contribution in [3.05, 3.63) is 22.4 Å². The first kappa shape index (κ1) is 14.5. The molecule has 1 heterocycles. The van der Waals surface area contributed by atoms with Crippen LogP contribution in [0, 0.1) is 0 Å². The molecule has 0 aromatic carbocycles. The number of carbonyl (C=O) groups excluding carboxylic acids is 1. The van der Waals surface area contributed by atoms with E-state index in [1.54, 1.807) is 25.2 Å². The zero-order valence-corrected chi connectivity index (χ0v) is 11.5. The van der Waals surface area contributed by atoms with E-state index in [4.69, 9.17) is 5.11 Å². The van der Waals surface area contributed by atoms with Gasteiger partial charge >= 0.3 is 12.0 Å². The lowest BCUT2D eigenvalue weighted by Gasteiger charge is -2.25. The molecule has 0 spiro atoms. The molecule has 0 bridgehead atoms. The van der Waals surface area contributed by atoms with Gasteiger partial charge in [-0.25, -0.2) is 4.79 Å². The van der Waals surface area contributed by atoms with Crippen molar-refractivity contribution in [1.29, 1.82) is 0 Å². The molecule has 1 aromatic heterocycles. The molecule has 18 heavy (non-hydrogen) atoms. The van der Waals surface area contributed by atoms with Gasteiger partial charge in [0.1, 0.15) is 0 Å². The quantitative estimate of drug-likeness (QED) is 0.768. The van der Waals surface area contributed by atoms with Crippen LogP contribution < -0.4 is 10.6 Å². The highest BCUT2D eigenvalue weighted by Crippen LogP contribution is 2.18.